The summed E-state index contributed by atoms with van der Waals surface area (Å²) in [7, 11) is 1.91. The number of aryl methyl sites for hydroxylation is 1. The third-order valence-corrected chi connectivity index (χ3v) is 2.42. The van der Waals surface area contributed by atoms with Gasteiger partial charge in [0.25, 0.3) is 0 Å². The minimum absolute atomic E-state index is 0.733. The maximum absolute atomic E-state index is 4.35. The molecule has 0 saturated carbocycles. The van der Waals surface area contributed by atoms with E-state index in [0.29, 0.717) is 0 Å². The second-order valence-electron chi connectivity index (χ2n) is 3.60. The molecule has 80 valence electrons. The van der Waals surface area contributed by atoms with Gasteiger partial charge in [-0.1, -0.05) is 6.07 Å². The Labute approximate surface area is 92.1 Å². The van der Waals surface area contributed by atoms with E-state index in [1.807, 2.05) is 31.4 Å². The molecule has 0 atom stereocenters. The molecule has 3 aromatic rings. The van der Waals surface area contributed by atoms with Crippen LogP contribution < -0.4 is 5.32 Å². The molecule has 5 nitrogen and oxygen atoms in total. The molecule has 2 heterocycles. The lowest BCUT2D eigenvalue weighted by atomic mass is 10.2. The summed E-state index contributed by atoms with van der Waals surface area (Å²) in [5, 5.41) is 8.65. The van der Waals surface area contributed by atoms with Gasteiger partial charge in [0.05, 0.1) is 11.2 Å². The van der Waals surface area contributed by atoms with Crippen molar-refractivity contribution < 1.29 is 0 Å². The molecule has 0 aliphatic carbocycles. The van der Waals surface area contributed by atoms with E-state index in [2.05, 4.69) is 20.4 Å². The van der Waals surface area contributed by atoms with Crippen LogP contribution in [0, 0.1) is 0 Å². The second kappa shape index (κ2) is 3.37. The molecular formula is C11H11N5. The summed E-state index contributed by atoms with van der Waals surface area (Å²) < 4.78 is 1.80. The van der Waals surface area contributed by atoms with Crippen LogP contribution in [0.4, 0.5) is 11.6 Å². The lowest BCUT2D eigenvalue weighted by Crippen LogP contribution is -1.92. The van der Waals surface area contributed by atoms with Gasteiger partial charge in [-0.05, 0) is 12.1 Å². The van der Waals surface area contributed by atoms with Crippen molar-refractivity contribution in [2.75, 3.05) is 5.32 Å². The molecule has 1 aromatic carbocycles. The highest BCUT2D eigenvalue weighted by Crippen LogP contribution is 2.23. The second-order valence-corrected chi connectivity index (χ2v) is 3.60. The van der Waals surface area contributed by atoms with Crippen LogP contribution in [-0.4, -0.2) is 19.7 Å². The van der Waals surface area contributed by atoms with E-state index in [-0.39, 0.29) is 0 Å². The van der Waals surface area contributed by atoms with Gasteiger partial charge in [0.1, 0.15) is 0 Å². The smallest absolute Gasteiger partial charge is 0.204 e. The lowest BCUT2D eigenvalue weighted by molar-refractivity contribution is 0.780. The molecule has 16 heavy (non-hydrogen) atoms. The number of nitrogens with zero attached hydrogens (tertiary/aromatic N) is 3. The van der Waals surface area contributed by atoms with E-state index < -0.39 is 0 Å². The normalized spacial score (nSPS) is 10.8. The molecule has 2 N–H and O–H groups in total. The average Bonchev–Trinajstić information content (AvgIpc) is 2.86. The minimum atomic E-state index is 0.733. The van der Waals surface area contributed by atoms with Gasteiger partial charge in [-0.3, -0.25) is 4.68 Å². The summed E-state index contributed by atoms with van der Waals surface area (Å²) in [6, 6.07) is 5.97. The number of H-pyrrole nitrogens is 1. The Morgan fingerprint density at radius 1 is 1.38 bits per heavy atom. The molecule has 0 radical (unpaired) electrons. The third-order valence-electron chi connectivity index (χ3n) is 2.42. The first-order chi connectivity index (χ1) is 7.83. The van der Waals surface area contributed by atoms with Crippen LogP contribution >= 0.6 is 0 Å². The Kier molecular flexibility index (Phi) is 1.89. The van der Waals surface area contributed by atoms with Gasteiger partial charge in [-0.25, -0.2) is 4.98 Å². The summed E-state index contributed by atoms with van der Waals surface area (Å²) in [4.78, 5) is 7.14. The van der Waals surface area contributed by atoms with Crippen LogP contribution in [0.5, 0.6) is 0 Å². The summed E-state index contributed by atoms with van der Waals surface area (Å²) in [6.45, 7) is 0. The molecular weight excluding hydrogens is 202 g/mol. The fourth-order valence-corrected chi connectivity index (χ4v) is 1.73. The first-order valence-corrected chi connectivity index (χ1v) is 5.02. The van der Waals surface area contributed by atoms with Crippen LogP contribution in [0.15, 0.2) is 36.8 Å². The van der Waals surface area contributed by atoms with Crippen LogP contribution in [-0.2, 0) is 7.05 Å². The van der Waals surface area contributed by atoms with Crippen molar-refractivity contribution in [3.8, 4) is 0 Å². The number of hydrogen-bond donors (Lipinski definition) is 2. The van der Waals surface area contributed by atoms with Gasteiger partial charge < -0.3 is 10.3 Å². The SMILES string of the molecule is Cn1cc2c(Nc3ncc[nH]3)cccc2n1. The van der Waals surface area contributed by atoms with Gasteiger partial charge >= 0.3 is 0 Å². The molecule has 0 bridgehead atoms. The Morgan fingerprint density at radius 3 is 3.12 bits per heavy atom. The van der Waals surface area contributed by atoms with E-state index >= 15 is 0 Å². The highest BCUT2D eigenvalue weighted by molar-refractivity contribution is 5.92. The first kappa shape index (κ1) is 8.96. The van der Waals surface area contributed by atoms with Crippen molar-refractivity contribution >= 4 is 22.5 Å². The van der Waals surface area contributed by atoms with E-state index in [4.69, 9.17) is 0 Å². The molecule has 5 heteroatoms. The Morgan fingerprint density at radius 2 is 2.31 bits per heavy atom. The molecule has 2 aromatic heterocycles. The fraction of sp³-hybridized carbons (Fsp3) is 0.0909. The highest BCUT2D eigenvalue weighted by Gasteiger charge is 2.04. The predicted octanol–water partition coefficient (Wildman–Crippen LogP) is 2.04. The number of fused-ring (bicyclic) bond motifs is 1. The zero-order chi connectivity index (χ0) is 11.0. The number of nitrogens with one attached hydrogen (secondary N) is 2. The molecule has 0 unspecified atom stereocenters. The Bertz CT molecular complexity index is 608. The average molecular weight is 213 g/mol. The highest BCUT2D eigenvalue weighted by atomic mass is 15.2. The number of aromatic amines is 1. The van der Waals surface area contributed by atoms with Gasteiger partial charge in [-0.15, -0.1) is 0 Å². The number of hydrogen-bond acceptors (Lipinski definition) is 3. The number of imidazole rings is 1. The third kappa shape index (κ3) is 1.42. The quantitative estimate of drug-likeness (QED) is 0.684. The zero-order valence-corrected chi connectivity index (χ0v) is 8.81. The standard InChI is InChI=1S/C11H11N5/c1-16-7-8-9(3-2-4-10(8)15-16)14-11-12-5-6-13-11/h2-7H,1H3,(H2,12,13,14). The van der Waals surface area contributed by atoms with Crippen molar-refractivity contribution in [2.45, 2.75) is 0 Å². The summed E-state index contributed by atoms with van der Waals surface area (Å²) >= 11 is 0. The molecule has 0 amide bonds. The maximum atomic E-state index is 4.35. The van der Waals surface area contributed by atoms with Crippen molar-refractivity contribution in [2.24, 2.45) is 7.05 Å². The van der Waals surface area contributed by atoms with Gasteiger partial charge in [0.15, 0.2) is 0 Å². The first-order valence-electron chi connectivity index (χ1n) is 5.02. The Balaban J connectivity index is 2.09. The van der Waals surface area contributed by atoms with Crippen molar-refractivity contribution in [3.63, 3.8) is 0 Å². The molecule has 0 aliphatic rings. The number of aromatic nitrogens is 4. The van der Waals surface area contributed by atoms with Crippen LogP contribution in [0.25, 0.3) is 10.9 Å². The topological polar surface area (TPSA) is 58.5 Å². The van der Waals surface area contributed by atoms with Crippen LogP contribution in [0.2, 0.25) is 0 Å². The number of benzene rings is 1. The molecule has 0 spiro atoms. The predicted molar refractivity (Wildman–Crippen MR) is 62.6 cm³/mol. The van der Waals surface area contributed by atoms with Gasteiger partial charge in [0.2, 0.25) is 5.95 Å². The van der Waals surface area contributed by atoms with E-state index in [9.17, 15) is 0 Å². The monoisotopic (exact) mass is 213 g/mol. The van der Waals surface area contributed by atoms with Crippen LogP contribution in [0.3, 0.4) is 0 Å². The maximum Gasteiger partial charge on any atom is 0.204 e. The number of anilines is 2. The molecule has 0 aliphatic heterocycles. The fourth-order valence-electron chi connectivity index (χ4n) is 1.73. The van der Waals surface area contributed by atoms with E-state index in [1.165, 1.54) is 0 Å². The molecule has 0 saturated heterocycles. The van der Waals surface area contributed by atoms with Crippen molar-refractivity contribution in [1.82, 2.24) is 19.7 Å². The van der Waals surface area contributed by atoms with E-state index in [0.717, 1.165) is 22.5 Å². The molecule has 0 fully saturated rings. The van der Waals surface area contributed by atoms with E-state index in [1.54, 1.807) is 17.1 Å². The zero-order valence-electron chi connectivity index (χ0n) is 8.81. The Hall–Kier alpha value is -2.30. The van der Waals surface area contributed by atoms with Gasteiger partial charge in [0, 0.05) is 31.0 Å². The lowest BCUT2D eigenvalue weighted by Gasteiger charge is -2.02. The van der Waals surface area contributed by atoms with Crippen molar-refractivity contribution in [1.29, 1.82) is 0 Å². The number of rotatable bonds is 2. The largest absolute Gasteiger partial charge is 0.331 e. The summed E-state index contributed by atoms with van der Waals surface area (Å²) in [6.07, 6.45) is 5.48. The minimum Gasteiger partial charge on any atom is -0.331 e. The van der Waals surface area contributed by atoms with Gasteiger partial charge in [-0.2, -0.15) is 5.10 Å². The summed E-state index contributed by atoms with van der Waals surface area (Å²) in [5.74, 6) is 0.733. The summed E-state index contributed by atoms with van der Waals surface area (Å²) in [5.41, 5.74) is 1.97. The molecule has 3 rings (SSSR count). The van der Waals surface area contributed by atoms with Crippen LogP contribution in [0.1, 0.15) is 0 Å². The van der Waals surface area contributed by atoms with Crippen molar-refractivity contribution in [3.05, 3.63) is 36.8 Å².